The zero-order chi connectivity index (χ0) is 27.0. The maximum absolute atomic E-state index is 13.4. The molecule has 2 heterocycles. The van der Waals surface area contributed by atoms with Crippen LogP contribution in [0, 0.1) is 20.8 Å². The third-order valence-corrected chi connectivity index (χ3v) is 8.87. The van der Waals surface area contributed by atoms with Crippen LogP contribution in [0.4, 0.5) is 5.13 Å². The fraction of sp³-hybridized carbons (Fsp3) is 0.172. The number of halogens is 1. The van der Waals surface area contributed by atoms with Crippen molar-refractivity contribution in [2.24, 2.45) is 0 Å². The van der Waals surface area contributed by atoms with Crippen molar-refractivity contribution in [2.75, 3.05) is 4.90 Å². The highest BCUT2D eigenvalue weighted by Crippen LogP contribution is 2.44. The van der Waals surface area contributed by atoms with E-state index in [0.717, 1.165) is 22.3 Å². The molecule has 1 aliphatic rings. The van der Waals surface area contributed by atoms with Crippen molar-refractivity contribution in [2.45, 2.75) is 36.9 Å². The number of hydrogen-bond donors (Lipinski definition) is 1. The summed E-state index contributed by atoms with van der Waals surface area (Å²) in [4.78, 5) is 28.2. The summed E-state index contributed by atoms with van der Waals surface area (Å²) in [5.41, 5.74) is 4.99. The molecule has 5 rings (SSSR count). The van der Waals surface area contributed by atoms with Gasteiger partial charge in [0, 0.05) is 16.3 Å². The molecular formula is C29H24ClN3O3S2. The second-order valence-electron chi connectivity index (χ2n) is 9.13. The zero-order valence-electron chi connectivity index (χ0n) is 20.9. The first kappa shape index (κ1) is 26.2. The number of aliphatic hydroxyl groups excluding tert-OH is 1. The fourth-order valence-electron chi connectivity index (χ4n) is 4.34. The molecule has 4 aromatic rings. The Balaban J connectivity index is 1.57. The number of Topliss-reactive ketones (excluding diaryl/α,β-unsaturated/α-hetero) is 1. The number of benzene rings is 3. The molecule has 1 N–H and O–H groups in total. The number of aryl methyl sites for hydroxylation is 3. The van der Waals surface area contributed by atoms with Crippen molar-refractivity contribution in [1.29, 1.82) is 0 Å². The first-order valence-corrected chi connectivity index (χ1v) is 14.1. The van der Waals surface area contributed by atoms with E-state index in [9.17, 15) is 14.7 Å². The van der Waals surface area contributed by atoms with E-state index in [1.165, 1.54) is 28.0 Å². The average molecular weight is 562 g/mol. The predicted molar refractivity (Wildman–Crippen MR) is 153 cm³/mol. The number of rotatable bonds is 6. The Kier molecular flexibility index (Phi) is 7.38. The topological polar surface area (TPSA) is 83.4 Å². The number of carbonyl (C=O) groups excluding carboxylic acids is 2. The lowest BCUT2D eigenvalue weighted by atomic mass is 9.93. The van der Waals surface area contributed by atoms with Crippen LogP contribution in [0.1, 0.15) is 39.4 Å². The molecule has 0 bridgehead atoms. The minimum absolute atomic E-state index is 0.0352. The molecule has 1 atom stereocenters. The van der Waals surface area contributed by atoms with E-state index in [0.29, 0.717) is 31.4 Å². The molecule has 1 unspecified atom stereocenters. The van der Waals surface area contributed by atoms with Gasteiger partial charge in [0.05, 0.1) is 11.6 Å². The van der Waals surface area contributed by atoms with E-state index < -0.39 is 17.7 Å². The Morgan fingerprint density at radius 2 is 1.71 bits per heavy atom. The average Bonchev–Trinajstić information content (AvgIpc) is 3.47. The molecule has 0 radical (unpaired) electrons. The number of anilines is 1. The second-order valence-corrected chi connectivity index (χ2v) is 11.7. The summed E-state index contributed by atoms with van der Waals surface area (Å²) in [6.07, 6.45) is 0. The third-order valence-electron chi connectivity index (χ3n) is 6.40. The summed E-state index contributed by atoms with van der Waals surface area (Å²) in [7, 11) is 0. The minimum Gasteiger partial charge on any atom is -0.507 e. The molecule has 1 amide bonds. The van der Waals surface area contributed by atoms with Crippen LogP contribution >= 0.6 is 34.7 Å². The van der Waals surface area contributed by atoms with Gasteiger partial charge >= 0.3 is 5.91 Å². The maximum Gasteiger partial charge on any atom is 0.301 e. The summed E-state index contributed by atoms with van der Waals surface area (Å²) in [6, 6.07) is 19.9. The van der Waals surface area contributed by atoms with E-state index in [1.54, 1.807) is 0 Å². The van der Waals surface area contributed by atoms with Gasteiger partial charge in [0.15, 0.2) is 4.34 Å². The lowest BCUT2D eigenvalue weighted by molar-refractivity contribution is -0.132. The molecule has 9 heteroatoms. The molecular weight excluding hydrogens is 538 g/mol. The molecule has 38 heavy (non-hydrogen) atoms. The van der Waals surface area contributed by atoms with Crippen LogP contribution in [0.3, 0.4) is 0 Å². The molecule has 1 aromatic heterocycles. The van der Waals surface area contributed by atoms with Gasteiger partial charge in [-0.15, -0.1) is 10.2 Å². The van der Waals surface area contributed by atoms with Crippen LogP contribution in [0.2, 0.25) is 5.02 Å². The van der Waals surface area contributed by atoms with Crippen LogP contribution < -0.4 is 4.90 Å². The number of aliphatic hydroxyl groups is 1. The van der Waals surface area contributed by atoms with E-state index in [2.05, 4.69) is 10.2 Å². The third kappa shape index (κ3) is 4.99. The summed E-state index contributed by atoms with van der Waals surface area (Å²) < 4.78 is 0.638. The SMILES string of the molecule is Cc1ccc(C2/C(=C(\O)c3cc(C)ccc3C)C(=O)C(=O)N2c2nnc(SCc3ccccc3Cl)s2)cc1. The molecule has 1 saturated heterocycles. The van der Waals surface area contributed by atoms with Crippen LogP contribution in [0.15, 0.2) is 76.6 Å². The highest BCUT2D eigenvalue weighted by molar-refractivity contribution is 8.00. The van der Waals surface area contributed by atoms with Crippen molar-refractivity contribution in [3.8, 4) is 0 Å². The number of hydrogen-bond acceptors (Lipinski definition) is 7. The van der Waals surface area contributed by atoms with Gasteiger partial charge in [-0.25, -0.2) is 0 Å². The monoisotopic (exact) mass is 561 g/mol. The van der Waals surface area contributed by atoms with Crippen molar-refractivity contribution < 1.29 is 14.7 Å². The Morgan fingerprint density at radius 1 is 1.00 bits per heavy atom. The lowest BCUT2D eigenvalue weighted by Gasteiger charge is -2.23. The smallest absolute Gasteiger partial charge is 0.301 e. The van der Waals surface area contributed by atoms with Crippen molar-refractivity contribution >= 4 is 57.3 Å². The predicted octanol–water partition coefficient (Wildman–Crippen LogP) is 7.04. The van der Waals surface area contributed by atoms with Gasteiger partial charge in [0.25, 0.3) is 5.78 Å². The summed E-state index contributed by atoms with van der Waals surface area (Å²) >= 11 is 8.96. The molecule has 1 aliphatic heterocycles. The number of aromatic nitrogens is 2. The number of carbonyl (C=O) groups is 2. The Morgan fingerprint density at radius 3 is 2.45 bits per heavy atom. The number of thioether (sulfide) groups is 1. The van der Waals surface area contributed by atoms with Gasteiger partial charge in [0.2, 0.25) is 5.13 Å². The van der Waals surface area contributed by atoms with Gasteiger partial charge in [-0.05, 0) is 49.6 Å². The summed E-state index contributed by atoms with van der Waals surface area (Å²) in [5, 5.41) is 20.9. The van der Waals surface area contributed by atoms with E-state index >= 15 is 0 Å². The molecule has 3 aromatic carbocycles. The van der Waals surface area contributed by atoms with Gasteiger partial charge in [0.1, 0.15) is 5.76 Å². The number of amides is 1. The van der Waals surface area contributed by atoms with E-state index in [1.807, 2.05) is 87.5 Å². The molecule has 1 fully saturated rings. The first-order valence-electron chi connectivity index (χ1n) is 11.9. The highest BCUT2D eigenvalue weighted by Gasteiger charge is 2.48. The lowest BCUT2D eigenvalue weighted by Crippen LogP contribution is -2.29. The molecule has 0 aliphatic carbocycles. The molecule has 6 nitrogen and oxygen atoms in total. The fourth-order valence-corrected chi connectivity index (χ4v) is 6.50. The Bertz CT molecular complexity index is 1580. The number of ketones is 1. The van der Waals surface area contributed by atoms with E-state index in [-0.39, 0.29) is 11.3 Å². The van der Waals surface area contributed by atoms with Crippen LogP contribution in [-0.2, 0) is 15.3 Å². The molecule has 192 valence electrons. The normalized spacial score (nSPS) is 16.8. The Labute approximate surface area is 234 Å². The van der Waals surface area contributed by atoms with Crippen molar-refractivity contribution in [3.63, 3.8) is 0 Å². The van der Waals surface area contributed by atoms with Crippen LogP contribution in [-0.4, -0.2) is 27.0 Å². The summed E-state index contributed by atoms with van der Waals surface area (Å²) in [5.74, 6) is -1.12. The quantitative estimate of drug-likeness (QED) is 0.0894. The standard InChI is InChI=1S/C29H24ClN3O3S2/c1-16-9-12-19(13-10-16)24-23(25(34)21-14-17(2)8-11-18(21)3)26(35)27(36)33(24)28-31-32-29(38-28)37-15-20-6-4-5-7-22(20)30/h4-14,24,34H,15H2,1-3H3/b25-23+. The van der Waals surface area contributed by atoms with Gasteiger partial charge in [-0.1, -0.05) is 100 Å². The largest absolute Gasteiger partial charge is 0.507 e. The minimum atomic E-state index is -0.843. The molecule has 0 saturated carbocycles. The van der Waals surface area contributed by atoms with Crippen molar-refractivity contribution in [1.82, 2.24) is 10.2 Å². The maximum atomic E-state index is 13.4. The Hall–Kier alpha value is -3.46. The number of nitrogens with zero attached hydrogens (tertiary/aromatic N) is 3. The highest BCUT2D eigenvalue weighted by atomic mass is 35.5. The van der Waals surface area contributed by atoms with Gasteiger partial charge < -0.3 is 5.11 Å². The van der Waals surface area contributed by atoms with E-state index in [4.69, 9.17) is 11.6 Å². The zero-order valence-corrected chi connectivity index (χ0v) is 23.3. The summed E-state index contributed by atoms with van der Waals surface area (Å²) in [6.45, 7) is 5.73. The molecule has 0 spiro atoms. The first-order chi connectivity index (χ1) is 18.2. The second kappa shape index (κ2) is 10.7. The van der Waals surface area contributed by atoms with Crippen molar-refractivity contribution in [3.05, 3.63) is 111 Å². The van der Waals surface area contributed by atoms with Gasteiger partial charge in [-0.2, -0.15) is 0 Å². The van der Waals surface area contributed by atoms with Crippen LogP contribution in [0.25, 0.3) is 5.76 Å². The van der Waals surface area contributed by atoms with Crippen LogP contribution in [0.5, 0.6) is 0 Å². The van der Waals surface area contributed by atoms with Gasteiger partial charge in [-0.3, -0.25) is 14.5 Å².